The summed E-state index contributed by atoms with van der Waals surface area (Å²) in [7, 11) is 0. The Morgan fingerprint density at radius 2 is 2.40 bits per heavy atom. The smallest absolute Gasteiger partial charge is 0.0352 e. The first kappa shape index (κ1) is 6.00. The van der Waals surface area contributed by atoms with Crippen LogP contribution in [-0.2, 0) is 0 Å². The lowest BCUT2D eigenvalue weighted by Crippen LogP contribution is -1.65. The minimum Gasteiger partial charge on any atom is -0.151 e. The van der Waals surface area contributed by atoms with Gasteiger partial charge in [0, 0.05) is 16.9 Å². The molecule has 1 aliphatic rings. The number of rotatable bonds is 0. The van der Waals surface area contributed by atoms with Crippen LogP contribution >= 0.6 is 11.3 Å². The molecule has 50 valence electrons. The van der Waals surface area contributed by atoms with E-state index in [2.05, 4.69) is 28.7 Å². The first-order valence-corrected chi connectivity index (χ1v) is 4.43. The van der Waals surface area contributed by atoms with E-state index in [4.69, 9.17) is 0 Å². The van der Waals surface area contributed by atoms with Crippen molar-refractivity contribution in [2.45, 2.75) is 12.8 Å². The van der Waals surface area contributed by atoms with Gasteiger partial charge in [-0.3, -0.25) is 0 Å². The van der Waals surface area contributed by atoms with Gasteiger partial charge in [-0.15, -0.1) is 0 Å². The lowest BCUT2D eigenvalue weighted by atomic mass is 10.3. The van der Waals surface area contributed by atoms with Gasteiger partial charge in [0.2, 0.25) is 0 Å². The molecule has 1 saturated carbocycles. The van der Waals surface area contributed by atoms with E-state index in [-0.39, 0.29) is 0 Å². The lowest BCUT2D eigenvalue weighted by Gasteiger charge is -1.74. The van der Waals surface area contributed by atoms with Crippen LogP contribution in [0.1, 0.15) is 18.4 Å². The Labute approximate surface area is 64.9 Å². The average molecular weight is 148 g/mol. The van der Waals surface area contributed by atoms with Gasteiger partial charge in [0.05, 0.1) is 0 Å². The zero-order valence-corrected chi connectivity index (χ0v) is 6.45. The van der Waals surface area contributed by atoms with Crippen LogP contribution in [0.15, 0.2) is 16.8 Å². The Morgan fingerprint density at radius 3 is 3.00 bits per heavy atom. The zero-order chi connectivity index (χ0) is 6.81. The highest BCUT2D eigenvalue weighted by molar-refractivity contribution is 7.08. The third kappa shape index (κ3) is 1.40. The first-order valence-electron chi connectivity index (χ1n) is 3.49. The molecule has 0 aromatic carbocycles. The van der Waals surface area contributed by atoms with Crippen LogP contribution in [0, 0.1) is 17.8 Å². The van der Waals surface area contributed by atoms with Gasteiger partial charge in [0.25, 0.3) is 0 Å². The lowest BCUT2D eigenvalue weighted by molar-refractivity contribution is 1.18. The van der Waals surface area contributed by atoms with Gasteiger partial charge in [0.1, 0.15) is 0 Å². The zero-order valence-electron chi connectivity index (χ0n) is 5.63. The molecule has 0 bridgehead atoms. The van der Waals surface area contributed by atoms with Crippen molar-refractivity contribution in [1.82, 2.24) is 0 Å². The van der Waals surface area contributed by atoms with Gasteiger partial charge in [-0.2, -0.15) is 11.3 Å². The van der Waals surface area contributed by atoms with Gasteiger partial charge in [-0.1, -0.05) is 11.8 Å². The molecule has 0 aliphatic heterocycles. The van der Waals surface area contributed by atoms with E-state index in [1.165, 1.54) is 18.4 Å². The van der Waals surface area contributed by atoms with Crippen molar-refractivity contribution < 1.29 is 0 Å². The fourth-order valence-electron chi connectivity index (χ4n) is 0.749. The van der Waals surface area contributed by atoms with Gasteiger partial charge < -0.3 is 0 Å². The van der Waals surface area contributed by atoms with Gasteiger partial charge in [-0.25, -0.2) is 0 Å². The van der Waals surface area contributed by atoms with E-state index in [0.29, 0.717) is 0 Å². The third-order valence-electron chi connectivity index (χ3n) is 1.52. The Bertz CT molecular complexity index is 257. The van der Waals surface area contributed by atoms with E-state index in [9.17, 15) is 0 Å². The number of hydrogen-bond donors (Lipinski definition) is 0. The van der Waals surface area contributed by atoms with E-state index in [1.807, 2.05) is 0 Å². The maximum atomic E-state index is 3.22. The van der Waals surface area contributed by atoms with Crippen LogP contribution < -0.4 is 0 Å². The monoisotopic (exact) mass is 148 g/mol. The molecule has 2 rings (SSSR count). The van der Waals surface area contributed by atoms with Gasteiger partial charge in [-0.05, 0) is 24.3 Å². The molecule has 0 amide bonds. The van der Waals surface area contributed by atoms with Crippen LogP contribution in [0.4, 0.5) is 0 Å². The molecule has 0 N–H and O–H groups in total. The molecule has 0 nitrogen and oxygen atoms in total. The second-order valence-corrected chi connectivity index (χ2v) is 3.34. The maximum absolute atomic E-state index is 3.22. The van der Waals surface area contributed by atoms with Crippen molar-refractivity contribution >= 4 is 11.3 Å². The SMILES string of the molecule is C(#CC1CC1)c1ccsc1. The summed E-state index contributed by atoms with van der Waals surface area (Å²) in [5, 5.41) is 4.16. The largest absolute Gasteiger partial charge is 0.151 e. The molecule has 0 spiro atoms. The summed E-state index contributed by atoms with van der Waals surface area (Å²) in [5.74, 6) is 7.08. The number of thiophene rings is 1. The molecule has 1 aromatic rings. The molecule has 0 atom stereocenters. The first-order chi connectivity index (χ1) is 4.95. The summed E-state index contributed by atoms with van der Waals surface area (Å²) in [6.07, 6.45) is 2.63. The molecule has 0 unspecified atom stereocenters. The van der Waals surface area contributed by atoms with E-state index in [1.54, 1.807) is 11.3 Å². The fraction of sp³-hybridized carbons (Fsp3) is 0.333. The minimum absolute atomic E-state index is 0.722. The molecular formula is C9H8S. The van der Waals surface area contributed by atoms with Crippen molar-refractivity contribution in [2.24, 2.45) is 5.92 Å². The number of hydrogen-bond acceptors (Lipinski definition) is 1. The third-order valence-corrected chi connectivity index (χ3v) is 2.20. The van der Waals surface area contributed by atoms with Crippen molar-refractivity contribution in [3.63, 3.8) is 0 Å². The van der Waals surface area contributed by atoms with Crippen LogP contribution in [0.3, 0.4) is 0 Å². The maximum Gasteiger partial charge on any atom is 0.0352 e. The Morgan fingerprint density at radius 1 is 1.50 bits per heavy atom. The predicted molar refractivity (Wildman–Crippen MR) is 43.9 cm³/mol. The highest BCUT2D eigenvalue weighted by Gasteiger charge is 2.17. The molecule has 1 heterocycles. The van der Waals surface area contributed by atoms with Crippen molar-refractivity contribution in [3.05, 3.63) is 22.4 Å². The van der Waals surface area contributed by atoms with Gasteiger partial charge >= 0.3 is 0 Å². The summed E-state index contributed by atoms with van der Waals surface area (Å²) in [6, 6.07) is 2.07. The summed E-state index contributed by atoms with van der Waals surface area (Å²) in [4.78, 5) is 0. The Hall–Kier alpha value is -0.740. The highest BCUT2D eigenvalue weighted by Crippen LogP contribution is 2.27. The fourth-order valence-corrected chi connectivity index (χ4v) is 1.34. The predicted octanol–water partition coefficient (Wildman–Crippen LogP) is 2.51. The highest BCUT2D eigenvalue weighted by atomic mass is 32.1. The van der Waals surface area contributed by atoms with Crippen molar-refractivity contribution in [1.29, 1.82) is 0 Å². The molecule has 0 radical (unpaired) electrons. The summed E-state index contributed by atoms with van der Waals surface area (Å²) in [6.45, 7) is 0. The van der Waals surface area contributed by atoms with Crippen LogP contribution in [0.5, 0.6) is 0 Å². The van der Waals surface area contributed by atoms with Crippen LogP contribution in [-0.4, -0.2) is 0 Å². The van der Waals surface area contributed by atoms with E-state index < -0.39 is 0 Å². The normalized spacial score (nSPS) is 16.0. The molecule has 1 heteroatoms. The molecule has 1 aliphatic carbocycles. The average Bonchev–Trinajstić information content (AvgIpc) is 2.63. The molecular weight excluding hydrogens is 140 g/mol. The summed E-state index contributed by atoms with van der Waals surface area (Å²) >= 11 is 1.71. The Kier molecular flexibility index (Phi) is 1.49. The van der Waals surface area contributed by atoms with Crippen LogP contribution in [0.2, 0.25) is 0 Å². The quantitative estimate of drug-likeness (QED) is 0.496. The molecule has 1 fully saturated rings. The minimum atomic E-state index is 0.722. The second-order valence-electron chi connectivity index (χ2n) is 2.56. The molecule has 0 saturated heterocycles. The van der Waals surface area contributed by atoms with Crippen LogP contribution in [0.25, 0.3) is 0 Å². The van der Waals surface area contributed by atoms with E-state index in [0.717, 1.165) is 5.92 Å². The standard InChI is InChI=1S/C9H8S/c1-2-8(1)3-4-9-5-6-10-7-9/h5-8H,1-2H2. The second kappa shape index (κ2) is 2.48. The molecule has 1 aromatic heterocycles. The van der Waals surface area contributed by atoms with Gasteiger partial charge in [0.15, 0.2) is 0 Å². The van der Waals surface area contributed by atoms with Crippen molar-refractivity contribution in [2.75, 3.05) is 0 Å². The summed E-state index contributed by atoms with van der Waals surface area (Å²) < 4.78 is 0. The van der Waals surface area contributed by atoms with Crippen molar-refractivity contribution in [3.8, 4) is 11.8 Å². The van der Waals surface area contributed by atoms with E-state index >= 15 is 0 Å². The molecule has 10 heavy (non-hydrogen) atoms. The Balaban J connectivity index is 2.09. The summed E-state index contributed by atoms with van der Waals surface area (Å²) in [5.41, 5.74) is 1.18. The topological polar surface area (TPSA) is 0 Å².